The van der Waals surface area contributed by atoms with Crippen molar-refractivity contribution < 1.29 is 4.74 Å². The Bertz CT molecular complexity index is 547. The van der Waals surface area contributed by atoms with E-state index < -0.39 is 0 Å². The minimum absolute atomic E-state index is 0.589. The summed E-state index contributed by atoms with van der Waals surface area (Å²) in [5.41, 5.74) is 2.49. The maximum Gasteiger partial charge on any atom is 0.119 e. The first-order chi connectivity index (χ1) is 12.2. The lowest BCUT2D eigenvalue weighted by Crippen LogP contribution is -2.34. The van der Waals surface area contributed by atoms with E-state index in [0.717, 1.165) is 31.7 Å². The summed E-state index contributed by atoms with van der Waals surface area (Å²) in [6.45, 7) is 5.43. The molecule has 3 rings (SSSR count). The van der Waals surface area contributed by atoms with Gasteiger partial charge in [-0.3, -0.25) is 4.99 Å². The van der Waals surface area contributed by atoms with E-state index in [2.05, 4.69) is 48.2 Å². The Hall–Kier alpha value is -1.39. The number of hydrogen-bond donors (Lipinski definition) is 0. The summed E-state index contributed by atoms with van der Waals surface area (Å²) in [7, 11) is 4.28. The van der Waals surface area contributed by atoms with Gasteiger partial charge in [-0.2, -0.15) is 0 Å². The Balaban J connectivity index is 1.41. The van der Waals surface area contributed by atoms with Gasteiger partial charge in [0.15, 0.2) is 0 Å². The number of aliphatic imine (C=N–C) groups is 1. The van der Waals surface area contributed by atoms with Gasteiger partial charge in [0.25, 0.3) is 0 Å². The number of nitrogens with zero attached hydrogens (tertiary/aromatic N) is 3. The van der Waals surface area contributed by atoms with Crippen molar-refractivity contribution in [3.8, 4) is 5.75 Å². The Kier molecular flexibility index (Phi) is 6.88. The number of piperidine rings is 1. The first-order valence-corrected chi connectivity index (χ1v) is 9.88. The molecule has 25 heavy (non-hydrogen) atoms. The third-order valence-corrected chi connectivity index (χ3v) is 5.46. The zero-order valence-corrected chi connectivity index (χ0v) is 15.9. The molecule has 1 fully saturated rings. The fourth-order valence-electron chi connectivity index (χ4n) is 3.75. The molecule has 1 aromatic rings. The lowest BCUT2D eigenvalue weighted by atomic mass is 9.98. The van der Waals surface area contributed by atoms with Gasteiger partial charge < -0.3 is 14.5 Å². The van der Waals surface area contributed by atoms with Crippen LogP contribution in [0, 0.1) is 0 Å². The minimum atomic E-state index is 0.589. The predicted molar refractivity (Wildman–Crippen MR) is 105 cm³/mol. The molecule has 0 bridgehead atoms. The van der Waals surface area contributed by atoms with Crippen LogP contribution < -0.4 is 4.74 Å². The van der Waals surface area contributed by atoms with Crippen LogP contribution in [0.25, 0.3) is 0 Å². The van der Waals surface area contributed by atoms with E-state index in [1.165, 1.54) is 56.6 Å². The van der Waals surface area contributed by atoms with Crippen LogP contribution >= 0.6 is 0 Å². The number of likely N-dealkylation sites (N-methyl/N-ethyl adjacent to an activating group) is 1. The second-order valence-corrected chi connectivity index (χ2v) is 7.57. The van der Waals surface area contributed by atoms with E-state index in [1.807, 2.05) is 0 Å². The summed E-state index contributed by atoms with van der Waals surface area (Å²) in [5.74, 6) is 0.977. The zero-order valence-electron chi connectivity index (χ0n) is 15.9. The molecule has 0 aliphatic carbocycles. The summed E-state index contributed by atoms with van der Waals surface area (Å²) in [5, 5.41) is 0. The van der Waals surface area contributed by atoms with Crippen LogP contribution in [-0.2, 0) is 0 Å². The Labute approximate surface area is 152 Å². The van der Waals surface area contributed by atoms with Crippen molar-refractivity contribution in [2.45, 2.75) is 44.6 Å². The van der Waals surface area contributed by atoms with Crippen molar-refractivity contribution in [2.24, 2.45) is 4.99 Å². The van der Waals surface area contributed by atoms with E-state index in [0.29, 0.717) is 6.04 Å². The summed E-state index contributed by atoms with van der Waals surface area (Å²) in [6, 6.07) is 9.10. The van der Waals surface area contributed by atoms with Crippen molar-refractivity contribution >= 4 is 5.71 Å². The number of benzene rings is 1. The average molecular weight is 344 g/mol. The van der Waals surface area contributed by atoms with Crippen molar-refractivity contribution in [3.05, 3.63) is 29.8 Å². The largest absolute Gasteiger partial charge is 0.494 e. The van der Waals surface area contributed by atoms with Gasteiger partial charge in [0.1, 0.15) is 5.75 Å². The Morgan fingerprint density at radius 1 is 1.12 bits per heavy atom. The molecule has 0 unspecified atom stereocenters. The zero-order chi connectivity index (χ0) is 17.5. The average Bonchev–Trinajstić information content (AvgIpc) is 2.67. The van der Waals surface area contributed by atoms with E-state index >= 15 is 0 Å². The van der Waals surface area contributed by atoms with Gasteiger partial charge in [-0.05, 0) is 89.1 Å². The number of hydrogen-bond acceptors (Lipinski definition) is 4. The molecule has 0 aromatic heterocycles. The quantitative estimate of drug-likeness (QED) is 0.710. The molecule has 4 heteroatoms. The second kappa shape index (κ2) is 9.35. The van der Waals surface area contributed by atoms with Crippen molar-refractivity contribution in [3.63, 3.8) is 0 Å². The van der Waals surface area contributed by atoms with Crippen molar-refractivity contribution in [2.75, 3.05) is 46.9 Å². The molecular formula is C21H33N3O. The minimum Gasteiger partial charge on any atom is -0.494 e. The van der Waals surface area contributed by atoms with E-state index in [1.54, 1.807) is 0 Å². The van der Waals surface area contributed by atoms with Gasteiger partial charge in [0, 0.05) is 18.3 Å². The molecule has 1 atom stereocenters. The van der Waals surface area contributed by atoms with Crippen molar-refractivity contribution in [1.29, 1.82) is 0 Å². The van der Waals surface area contributed by atoms with Crippen LogP contribution in [0.2, 0.25) is 0 Å². The molecule has 0 spiro atoms. The van der Waals surface area contributed by atoms with Crippen LogP contribution in [-0.4, -0.2) is 68.4 Å². The van der Waals surface area contributed by atoms with Gasteiger partial charge in [-0.15, -0.1) is 0 Å². The standard InChI is InChI=1S/C21H33N3O/c1-23(2)19-9-12-21(22-17-19)18-7-10-20(11-8-18)25-16-6-15-24-13-4-3-5-14-24/h7-8,10-11,19H,3-6,9,12-17H2,1-2H3/t19-/m0/s1. The monoisotopic (exact) mass is 343 g/mol. The van der Waals surface area contributed by atoms with Crippen LogP contribution in [0.3, 0.4) is 0 Å². The highest BCUT2D eigenvalue weighted by molar-refractivity contribution is 6.01. The van der Waals surface area contributed by atoms with E-state index in [4.69, 9.17) is 9.73 Å². The Morgan fingerprint density at radius 2 is 1.88 bits per heavy atom. The smallest absolute Gasteiger partial charge is 0.119 e. The van der Waals surface area contributed by atoms with Gasteiger partial charge in [0.2, 0.25) is 0 Å². The van der Waals surface area contributed by atoms with Gasteiger partial charge >= 0.3 is 0 Å². The van der Waals surface area contributed by atoms with E-state index in [9.17, 15) is 0 Å². The topological polar surface area (TPSA) is 28.1 Å². The van der Waals surface area contributed by atoms with Crippen LogP contribution in [0.4, 0.5) is 0 Å². The molecule has 4 nitrogen and oxygen atoms in total. The first-order valence-electron chi connectivity index (χ1n) is 9.88. The normalized spacial score (nSPS) is 22.0. The van der Waals surface area contributed by atoms with E-state index in [-0.39, 0.29) is 0 Å². The highest BCUT2D eigenvalue weighted by Crippen LogP contribution is 2.19. The fraction of sp³-hybridized carbons (Fsp3) is 0.667. The third-order valence-electron chi connectivity index (χ3n) is 5.46. The number of ether oxygens (including phenoxy) is 1. The lowest BCUT2D eigenvalue weighted by molar-refractivity contribution is 0.205. The van der Waals surface area contributed by atoms with Crippen LogP contribution in [0.1, 0.15) is 44.1 Å². The Morgan fingerprint density at radius 3 is 2.52 bits per heavy atom. The highest BCUT2D eigenvalue weighted by atomic mass is 16.5. The molecule has 2 heterocycles. The SMILES string of the molecule is CN(C)[C@H]1CCC(c2ccc(OCCCN3CCCCC3)cc2)=NC1. The number of likely N-dealkylation sites (tertiary alicyclic amines) is 1. The summed E-state index contributed by atoms with van der Waals surface area (Å²) in [4.78, 5) is 9.63. The fourth-order valence-corrected chi connectivity index (χ4v) is 3.75. The van der Waals surface area contributed by atoms with Gasteiger partial charge in [0.05, 0.1) is 13.2 Å². The predicted octanol–water partition coefficient (Wildman–Crippen LogP) is 3.45. The summed E-state index contributed by atoms with van der Waals surface area (Å²) >= 11 is 0. The maximum atomic E-state index is 5.91. The van der Waals surface area contributed by atoms with Crippen LogP contribution in [0.15, 0.2) is 29.3 Å². The second-order valence-electron chi connectivity index (χ2n) is 7.57. The molecule has 0 radical (unpaired) electrons. The molecule has 138 valence electrons. The van der Waals surface area contributed by atoms with Crippen molar-refractivity contribution in [1.82, 2.24) is 9.80 Å². The summed E-state index contributed by atoms with van der Waals surface area (Å²) in [6.07, 6.45) is 7.50. The first kappa shape index (κ1) is 18.4. The molecule has 1 saturated heterocycles. The molecule has 2 aliphatic heterocycles. The number of rotatable bonds is 7. The highest BCUT2D eigenvalue weighted by Gasteiger charge is 2.18. The van der Waals surface area contributed by atoms with Crippen LogP contribution in [0.5, 0.6) is 5.75 Å². The molecular weight excluding hydrogens is 310 g/mol. The molecule has 1 aromatic carbocycles. The maximum absolute atomic E-state index is 5.91. The molecule has 0 saturated carbocycles. The third kappa shape index (κ3) is 5.55. The van der Waals surface area contributed by atoms with Gasteiger partial charge in [-0.1, -0.05) is 6.42 Å². The lowest BCUT2D eigenvalue weighted by Gasteiger charge is -2.27. The summed E-state index contributed by atoms with van der Waals surface area (Å²) < 4.78 is 5.91. The molecule has 0 N–H and O–H groups in total. The molecule has 2 aliphatic rings. The molecule has 0 amide bonds. The van der Waals surface area contributed by atoms with Gasteiger partial charge in [-0.25, -0.2) is 0 Å².